The molecule has 3 aromatic rings. The van der Waals surface area contributed by atoms with E-state index in [9.17, 15) is 14.7 Å². The topological polar surface area (TPSA) is 99.3 Å². The lowest BCUT2D eigenvalue weighted by atomic mass is 9.59. The highest BCUT2D eigenvalue weighted by atomic mass is 35.5. The van der Waals surface area contributed by atoms with Crippen LogP contribution in [0.4, 0.5) is 10.1 Å². The lowest BCUT2D eigenvalue weighted by Gasteiger charge is -2.47. The zero-order chi connectivity index (χ0) is 29.3. The van der Waals surface area contributed by atoms with Crippen molar-refractivity contribution in [3.05, 3.63) is 75.8 Å². The van der Waals surface area contributed by atoms with Gasteiger partial charge in [-0.1, -0.05) is 42.3 Å². The fourth-order valence-electron chi connectivity index (χ4n) is 8.37. The number of likely N-dealkylation sites (tertiary alicyclic amines) is 1. The molecule has 2 N–H and O–H groups in total. The van der Waals surface area contributed by atoms with Crippen molar-refractivity contribution < 1.29 is 19.1 Å². The summed E-state index contributed by atoms with van der Waals surface area (Å²) in [6.45, 7) is 4.30. The standard InChI is InChI=1S/C31H28Cl2FN5O3/c1-14-12-38-21-11-20-23(24(21)37-22(38)10-17(14)28(40)41)25(30(2)7-8-35-27(33)26(30)34)31(39(20)13-15-3-4-15)18-6-5-16(32)9-19(18)36-29(31)42/h5-10,12,15,20,23,25-26H,3-4,11,13H2,1-2H3,(H,36,42)(H,40,41)/t20-,23-,25+,26?,30?,31+/m0/s1. The van der Waals surface area contributed by atoms with Crippen LogP contribution in [-0.4, -0.2) is 55.2 Å². The number of hydrogen-bond acceptors (Lipinski definition) is 5. The van der Waals surface area contributed by atoms with Gasteiger partial charge in [-0.05, 0) is 49.4 Å². The number of allylic oxidation sites excluding steroid dienone is 1. The molecule has 5 aliphatic rings. The number of aryl methyl sites for hydroxylation is 1. The Kier molecular flexibility index (Phi) is 5.43. The Hall–Kier alpha value is -3.27. The molecule has 42 heavy (non-hydrogen) atoms. The summed E-state index contributed by atoms with van der Waals surface area (Å²) in [4.78, 5) is 37.9. The molecule has 1 amide bonds. The largest absolute Gasteiger partial charge is 0.478 e. The van der Waals surface area contributed by atoms with Crippen molar-refractivity contribution in [3.63, 3.8) is 0 Å². The molecule has 3 aliphatic heterocycles. The number of aliphatic imine (C=N–C) groups is 1. The maximum absolute atomic E-state index is 16.5. The van der Waals surface area contributed by atoms with Crippen molar-refractivity contribution in [1.29, 1.82) is 0 Å². The number of benzene rings is 1. The molecule has 1 saturated carbocycles. The summed E-state index contributed by atoms with van der Waals surface area (Å²) in [7, 11) is 0. The van der Waals surface area contributed by atoms with Crippen molar-refractivity contribution in [3.8, 4) is 0 Å². The number of amides is 1. The summed E-state index contributed by atoms with van der Waals surface area (Å²) in [5, 5.41) is 13.2. The fourth-order valence-corrected chi connectivity index (χ4v) is 8.83. The van der Waals surface area contributed by atoms with Crippen LogP contribution in [0.1, 0.15) is 58.6 Å². The van der Waals surface area contributed by atoms with Gasteiger partial charge in [0.15, 0.2) is 6.17 Å². The number of fused-ring (bicyclic) bond motifs is 7. The Labute approximate surface area is 251 Å². The van der Waals surface area contributed by atoms with E-state index in [4.69, 9.17) is 28.2 Å². The summed E-state index contributed by atoms with van der Waals surface area (Å²) in [5.41, 5.74) is 2.09. The van der Waals surface area contributed by atoms with Crippen LogP contribution in [-0.2, 0) is 16.8 Å². The highest BCUT2D eigenvalue weighted by molar-refractivity contribution is 6.66. The molecule has 2 fully saturated rings. The van der Waals surface area contributed by atoms with Crippen molar-refractivity contribution in [2.24, 2.45) is 22.2 Å². The van der Waals surface area contributed by atoms with E-state index in [0.29, 0.717) is 40.8 Å². The lowest BCUT2D eigenvalue weighted by molar-refractivity contribution is -0.132. The van der Waals surface area contributed by atoms with E-state index >= 15 is 4.39 Å². The van der Waals surface area contributed by atoms with Gasteiger partial charge in [0.2, 0.25) is 5.91 Å². The zero-order valence-corrected chi connectivity index (χ0v) is 24.5. The van der Waals surface area contributed by atoms with Gasteiger partial charge in [0, 0.05) is 70.6 Å². The highest BCUT2D eigenvalue weighted by Gasteiger charge is 2.73. The van der Waals surface area contributed by atoms with E-state index in [2.05, 4.69) is 15.2 Å². The molecular formula is C31H28Cl2FN5O3. The number of pyridine rings is 1. The Morgan fingerprint density at radius 2 is 2.05 bits per heavy atom. The predicted molar refractivity (Wildman–Crippen MR) is 157 cm³/mol. The van der Waals surface area contributed by atoms with Gasteiger partial charge in [-0.15, -0.1) is 0 Å². The van der Waals surface area contributed by atoms with Crippen LogP contribution in [0.25, 0.3) is 5.65 Å². The highest BCUT2D eigenvalue weighted by Crippen LogP contribution is 2.67. The van der Waals surface area contributed by atoms with Gasteiger partial charge in [-0.2, -0.15) is 0 Å². The number of halogens is 3. The van der Waals surface area contributed by atoms with Crippen LogP contribution in [0.5, 0.6) is 0 Å². The second-order valence-corrected chi connectivity index (χ2v) is 13.4. The van der Waals surface area contributed by atoms with Gasteiger partial charge in [0.25, 0.3) is 0 Å². The lowest BCUT2D eigenvalue weighted by Crippen LogP contribution is -2.58. The number of nitrogens with zero attached hydrogens (tertiary/aromatic N) is 4. The molecule has 11 heteroatoms. The second-order valence-electron chi connectivity index (χ2n) is 12.6. The SMILES string of the molecule is Cc1cn2c3c(nc2cc1C(=O)O)[C@H]1[C@H](C2(C)C=CN=C(Cl)C2F)[C@]2(C(=O)Nc4cc(Cl)ccc42)N(CC2CC2)[C@H]1C3. The molecule has 1 spiro atoms. The molecule has 5 heterocycles. The smallest absolute Gasteiger partial charge is 0.336 e. The number of aromatic carboxylic acids is 1. The minimum atomic E-state index is -1.64. The summed E-state index contributed by atoms with van der Waals surface area (Å²) in [5.74, 6) is -1.72. The predicted octanol–water partition coefficient (Wildman–Crippen LogP) is 5.70. The summed E-state index contributed by atoms with van der Waals surface area (Å²) >= 11 is 12.8. The molecule has 1 saturated heterocycles. The van der Waals surface area contributed by atoms with E-state index in [0.717, 1.165) is 29.8 Å². The summed E-state index contributed by atoms with van der Waals surface area (Å²) in [6, 6.07) is 6.91. The number of carboxylic acid groups (broad SMARTS) is 1. The molecular weight excluding hydrogens is 580 g/mol. The van der Waals surface area contributed by atoms with E-state index in [-0.39, 0.29) is 28.6 Å². The van der Waals surface area contributed by atoms with E-state index in [1.54, 1.807) is 37.4 Å². The second kappa shape index (κ2) is 8.65. The van der Waals surface area contributed by atoms with Gasteiger partial charge >= 0.3 is 5.97 Å². The first-order valence-electron chi connectivity index (χ1n) is 14.2. The molecule has 8 nitrogen and oxygen atoms in total. The zero-order valence-electron chi connectivity index (χ0n) is 22.9. The minimum Gasteiger partial charge on any atom is -0.478 e. The number of aromatic nitrogens is 2. The number of hydrogen-bond donors (Lipinski definition) is 2. The number of alkyl halides is 1. The first kappa shape index (κ1) is 26.4. The molecule has 0 radical (unpaired) electrons. The monoisotopic (exact) mass is 607 g/mol. The number of carbonyl (C=O) groups excluding carboxylic acids is 1. The van der Waals surface area contributed by atoms with Crippen molar-refractivity contribution in [1.82, 2.24) is 14.3 Å². The minimum absolute atomic E-state index is 0.132. The summed E-state index contributed by atoms with van der Waals surface area (Å²) < 4.78 is 18.5. The molecule has 2 unspecified atom stereocenters. The van der Waals surface area contributed by atoms with E-state index in [1.807, 2.05) is 23.6 Å². The van der Waals surface area contributed by atoms with Gasteiger partial charge in [0.05, 0.1) is 11.3 Å². The van der Waals surface area contributed by atoms with Gasteiger partial charge in [-0.25, -0.2) is 19.2 Å². The molecule has 8 rings (SSSR count). The van der Waals surface area contributed by atoms with Crippen molar-refractivity contribution >= 4 is 51.6 Å². The Bertz CT molecular complexity index is 1800. The number of anilines is 1. The number of rotatable bonds is 4. The Morgan fingerprint density at radius 1 is 1.26 bits per heavy atom. The number of carbonyl (C=O) groups is 2. The van der Waals surface area contributed by atoms with Crippen molar-refractivity contribution in [2.75, 3.05) is 11.9 Å². The molecule has 216 valence electrons. The van der Waals surface area contributed by atoms with Crippen LogP contribution in [0.3, 0.4) is 0 Å². The van der Waals surface area contributed by atoms with Crippen LogP contribution >= 0.6 is 23.2 Å². The van der Waals surface area contributed by atoms with Crippen LogP contribution in [0.2, 0.25) is 5.02 Å². The summed E-state index contributed by atoms with van der Waals surface area (Å²) in [6.07, 6.45) is 6.24. The van der Waals surface area contributed by atoms with E-state index in [1.165, 1.54) is 0 Å². The average Bonchev–Trinajstić information content (AvgIpc) is 3.39. The number of nitrogens with one attached hydrogen (secondary N) is 1. The third kappa shape index (κ3) is 3.27. The molecule has 2 aliphatic carbocycles. The third-order valence-electron chi connectivity index (χ3n) is 10.3. The van der Waals surface area contributed by atoms with Gasteiger partial charge in [0.1, 0.15) is 16.4 Å². The molecule has 6 atom stereocenters. The van der Waals surface area contributed by atoms with Crippen LogP contribution < -0.4 is 5.32 Å². The normalized spacial score (nSPS) is 33.2. The maximum atomic E-state index is 16.5. The maximum Gasteiger partial charge on any atom is 0.336 e. The fraction of sp³-hybridized carbons (Fsp3) is 0.419. The molecule has 1 aromatic carbocycles. The van der Waals surface area contributed by atoms with Gasteiger partial charge < -0.3 is 14.8 Å². The quantitative estimate of drug-likeness (QED) is 0.396. The van der Waals surface area contributed by atoms with E-state index < -0.39 is 29.0 Å². The third-order valence-corrected chi connectivity index (χ3v) is 10.8. The average molecular weight is 609 g/mol. The first-order valence-corrected chi connectivity index (χ1v) is 15.0. The Balaban J connectivity index is 1.41. The van der Waals surface area contributed by atoms with Gasteiger partial charge in [-0.3, -0.25) is 9.69 Å². The Morgan fingerprint density at radius 3 is 2.79 bits per heavy atom. The first-order chi connectivity index (χ1) is 20.1. The number of carboxylic acids is 1. The number of imidazole rings is 1. The van der Waals surface area contributed by atoms with Crippen LogP contribution in [0, 0.1) is 24.2 Å². The molecule has 2 aromatic heterocycles. The molecule has 0 bridgehead atoms. The van der Waals surface area contributed by atoms with Crippen molar-refractivity contribution in [2.45, 2.75) is 56.8 Å². The van der Waals surface area contributed by atoms with Crippen LogP contribution in [0.15, 0.2) is 47.7 Å².